The van der Waals surface area contributed by atoms with E-state index in [-0.39, 0.29) is 12.3 Å². The minimum absolute atomic E-state index is 0.0768. The molecule has 0 amide bonds. The van der Waals surface area contributed by atoms with E-state index in [4.69, 9.17) is 9.81 Å². The van der Waals surface area contributed by atoms with Gasteiger partial charge in [-0.15, -0.1) is 4.33 Å². The zero-order valence-electron chi connectivity index (χ0n) is 5.33. The van der Waals surface area contributed by atoms with Gasteiger partial charge in [-0.1, -0.05) is 5.04 Å². The first kappa shape index (κ1) is 11.1. The quantitative estimate of drug-likeness (QED) is 0.216. The second-order valence-electron chi connectivity index (χ2n) is 1.39. The van der Waals surface area contributed by atoms with E-state index in [1.54, 1.807) is 0 Å². The summed E-state index contributed by atoms with van der Waals surface area (Å²) in [6, 6.07) is 0. The molecular weight excluding hydrogens is 200 g/mol. The highest BCUT2D eigenvalue weighted by Gasteiger charge is 2.18. The van der Waals surface area contributed by atoms with Crippen molar-refractivity contribution in [2.24, 2.45) is 0 Å². The fourth-order valence-corrected chi connectivity index (χ4v) is 0.794. The first-order valence-corrected chi connectivity index (χ1v) is 4.42. The topological polar surface area (TPSA) is 102 Å². The standard InChI is InChI=1S/C2H6O7S2/c1-2(11(4,5)6)7-10-9-8-3/h2-3H,1H3,(H,4,5,6). The lowest BCUT2D eigenvalue weighted by atomic mass is 10.9. The van der Waals surface area contributed by atoms with Gasteiger partial charge in [-0.25, -0.2) is 5.26 Å². The van der Waals surface area contributed by atoms with Gasteiger partial charge < -0.3 is 0 Å². The molecule has 0 saturated heterocycles. The summed E-state index contributed by atoms with van der Waals surface area (Å²) in [5.41, 5.74) is -1.46. The Kier molecular flexibility index (Phi) is 4.92. The summed E-state index contributed by atoms with van der Waals surface area (Å²) in [5.74, 6) is 0. The van der Waals surface area contributed by atoms with Gasteiger partial charge in [0.25, 0.3) is 10.1 Å². The Labute approximate surface area is 67.3 Å². The summed E-state index contributed by atoms with van der Waals surface area (Å²) in [5, 5.41) is 10.6. The van der Waals surface area contributed by atoms with E-state index in [0.717, 1.165) is 6.92 Å². The molecule has 68 valence electrons. The monoisotopic (exact) mass is 206 g/mol. The molecule has 1 unspecified atom stereocenters. The summed E-state index contributed by atoms with van der Waals surface area (Å²) < 4.78 is 36.5. The third-order valence-electron chi connectivity index (χ3n) is 0.652. The maximum absolute atomic E-state index is 10.2. The molecule has 0 saturated carbocycles. The van der Waals surface area contributed by atoms with Crippen LogP contribution in [0, 0.1) is 0 Å². The van der Waals surface area contributed by atoms with E-state index in [1.165, 1.54) is 0 Å². The Balaban J connectivity index is 3.62. The molecule has 0 radical (unpaired) electrons. The Bertz CT molecular complexity index is 185. The van der Waals surface area contributed by atoms with E-state index in [0.29, 0.717) is 0 Å². The molecule has 0 aliphatic heterocycles. The maximum Gasteiger partial charge on any atom is 0.293 e. The first-order valence-electron chi connectivity index (χ1n) is 2.25. The largest absolute Gasteiger partial charge is 0.293 e. The van der Waals surface area contributed by atoms with Gasteiger partial charge in [0.15, 0.2) is 17.8 Å². The fourth-order valence-electron chi connectivity index (χ4n) is 0.133. The van der Waals surface area contributed by atoms with Crippen LogP contribution in [0.5, 0.6) is 0 Å². The normalized spacial score (nSPS) is 14.8. The summed E-state index contributed by atoms with van der Waals surface area (Å²) >= 11 is 0.0768. The molecule has 0 aromatic heterocycles. The molecule has 11 heavy (non-hydrogen) atoms. The molecule has 1 atom stereocenters. The van der Waals surface area contributed by atoms with Crippen molar-refractivity contribution in [2.45, 2.75) is 12.4 Å². The molecule has 0 aromatic rings. The molecule has 0 heterocycles. The average molecular weight is 206 g/mol. The lowest BCUT2D eigenvalue weighted by Crippen LogP contribution is -2.17. The highest BCUT2D eigenvalue weighted by atomic mass is 32.2. The average Bonchev–Trinajstić information content (AvgIpc) is 1.86. The van der Waals surface area contributed by atoms with Crippen LogP contribution < -0.4 is 0 Å². The van der Waals surface area contributed by atoms with Crippen molar-refractivity contribution in [3.8, 4) is 0 Å². The van der Waals surface area contributed by atoms with E-state index in [1.807, 2.05) is 0 Å². The Morgan fingerprint density at radius 3 is 2.45 bits per heavy atom. The third kappa shape index (κ3) is 5.38. The van der Waals surface area contributed by atoms with Gasteiger partial charge in [0.05, 0.1) is 0 Å². The van der Waals surface area contributed by atoms with Gasteiger partial charge in [-0.2, -0.15) is 8.42 Å². The fraction of sp³-hybridized carbons (Fsp3) is 1.00. The maximum atomic E-state index is 10.2. The summed E-state index contributed by atoms with van der Waals surface area (Å²) in [6.07, 6.45) is 0. The van der Waals surface area contributed by atoms with Gasteiger partial charge in [0, 0.05) is 0 Å². The molecule has 7 nitrogen and oxygen atoms in total. The smallest absolute Gasteiger partial charge is 0.284 e. The summed E-state index contributed by atoms with van der Waals surface area (Å²) in [4.78, 5) is 0. The van der Waals surface area contributed by atoms with Gasteiger partial charge in [0.2, 0.25) is 0 Å². The van der Waals surface area contributed by atoms with Crippen LogP contribution in [0.15, 0.2) is 0 Å². The molecule has 0 fully saturated rings. The van der Waals surface area contributed by atoms with Gasteiger partial charge >= 0.3 is 0 Å². The van der Waals surface area contributed by atoms with Crippen molar-refractivity contribution in [1.29, 1.82) is 0 Å². The number of hydrogen-bond acceptors (Lipinski definition) is 7. The van der Waals surface area contributed by atoms with Crippen LogP contribution in [0.3, 0.4) is 0 Å². The van der Waals surface area contributed by atoms with Crippen molar-refractivity contribution in [3.05, 3.63) is 0 Å². The van der Waals surface area contributed by atoms with Crippen molar-refractivity contribution in [1.82, 2.24) is 0 Å². The van der Waals surface area contributed by atoms with Crippen LogP contribution in [0.4, 0.5) is 0 Å². The van der Waals surface area contributed by atoms with E-state index in [2.05, 4.69) is 13.6 Å². The lowest BCUT2D eigenvalue weighted by molar-refractivity contribution is -0.434. The summed E-state index contributed by atoms with van der Waals surface area (Å²) in [6.45, 7) is 1.07. The van der Waals surface area contributed by atoms with Crippen LogP contribution in [-0.2, 0) is 23.7 Å². The molecule has 0 bridgehead atoms. The predicted octanol–water partition coefficient (Wildman–Crippen LogP) is 0.221. The van der Waals surface area contributed by atoms with E-state index >= 15 is 0 Å². The van der Waals surface area contributed by atoms with E-state index < -0.39 is 15.6 Å². The molecule has 0 spiro atoms. The van der Waals surface area contributed by atoms with Crippen molar-refractivity contribution >= 4 is 22.4 Å². The minimum Gasteiger partial charge on any atom is -0.284 e. The van der Waals surface area contributed by atoms with Crippen molar-refractivity contribution < 1.29 is 31.8 Å². The molecule has 2 N–H and O–H groups in total. The number of hydrogen-bond donors (Lipinski definition) is 2. The lowest BCUT2D eigenvalue weighted by Gasteiger charge is -2.04. The SMILES string of the molecule is CC(OSOOO)S(=O)(=O)O. The molecular formula is C2H6O7S2. The summed E-state index contributed by atoms with van der Waals surface area (Å²) in [7, 11) is -4.24. The van der Waals surface area contributed by atoms with Gasteiger partial charge in [0.1, 0.15) is 0 Å². The van der Waals surface area contributed by atoms with Gasteiger partial charge in [-0.05, 0) is 6.92 Å². The van der Waals surface area contributed by atoms with Crippen molar-refractivity contribution in [2.75, 3.05) is 0 Å². The third-order valence-corrected chi connectivity index (χ3v) is 2.19. The Hall–Kier alpha value is 0.100. The molecule has 9 heteroatoms. The zero-order chi connectivity index (χ0) is 8.91. The van der Waals surface area contributed by atoms with Gasteiger partial charge in [-0.3, -0.25) is 8.74 Å². The van der Waals surface area contributed by atoms with Crippen LogP contribution in [0.1, 0.15) is 6.92 Å². The highest BCUT2D eigenvalue weighted by Crippen LogP contribution is 2.11. The molecule has 0 aliphatic rings. The molecule has 0 rings (SSSR count). The molecule has 0 aromatic carbocycles. The second-order valence-corrected chi connectivity index (χ2v) is 3.55. The first-order chi connectivity index (χ1) is 4.98. The Morgan fingerprint density at radius 2 is 2.09 bits per heavy atom. The highest BCUT2D eigenvalue weighted by molar-refractivity contribution is 7.91. The second kappa shape index (κ2) is 4.87. The number of rotatable bonds is 5. The molecule has 0 aliphatic carbocycles. The zero-order valence-corrected chi connectivity index (χ0v) is 6.96. The predicted molar refractivity (Wildman–Crippen MR) is 34.5 cm³/mol. The van der Waals surface area contributed by atoms with Crippen molar-refractivity contribution in [3.63, 3.8) is 0 Å². The van der Waals surface area contributed by atoms with Crippen LogP contribution in [0.2, 0.25) is 0 Å². The Morgan fingerprint density at radius 1 is 1.55 bits per heavy atom. The van der Waals surface area contributed by atoms with E-state index in [9.17, 15) is 8.42 Å². The van der Waals surface area contributed by atoms with Crippen LogP contribution >= 0.6 is 12.3 Å². The minimum atomic E-state index is -4.24. The van der Waals surface area contributed by atoms with Crippen LogP contribution in [0.25, 0.3) is 0 Å². The van der Waals surface area contributed by atoms with Crippen LogP contribution in [-0.4, -0.2) is 23.7 Å².